The van der Waals surface area contributed by atoms with Gasteiger partial charge in [-0.05, 0) is 25.9 Å². The van der Waals surface area contributed by atoms with Crippen LogP contribution in [0.4, 0.5) is 0 Å². The molecular weight excluding hydrogens is 162 g/mol. The van der Waals surface area contributed by atoms with Crippen LogP contribution in [0.25, 0.3) is 0 Å². The zero-order valence-corrected chi connectivity index (χ0v) is 9.58. The molecule has 0 aromatic carbocycles. The second-order valence-corrected chi connectivity index (χ2v) is 4.07. The smallest absolute Gasteiger partial charge is 0.0692 e. The van der Waals surface area contributed by atoms with Crippen LogP contribution in [0.2, 0.25) is 0 Å². The molecule has 0 bridgehead atoms. The molecule has 2 unspecified atom stereocenters. The quantitative estimate of drug-likeness (QED) is 0.660. The highest BCUT2D eigenvalue weighted by atomic mass is 16.3. The number of hydrogen-bond donors (Lipinski definition) is 1. The van der Waals surface area contributed by atoms with Crippen molar-refractivity contribution in [3.05, 3.63) is 0 Å². The van der Waals surface area contributed by atoms with Crippen LogP contribution in [0.15, 0.2) is 0 Å². The highest BCUT2D eigenvalue weighted by molar-refractivity contribution is 4.66. The van der Waals surface area contributed by atoms with Crippen LogP contribution in [0.1, 0.15) is 40.0 Å². The fraction of sp³-hybridized carbons (Fsp3) is 1.00. The minimum Gasteiger partial charge on any atom is -0.392 e. The Morgan fingerprint density at radius 1 is 1.31 bits per heavy atom. The summed E-state index contributed by atoms with van der Waals surface area (Å²) < 4.78 is 0. The van der Waals surface area contributed by atoms with E-state index in [1.807, 2.05) is 0 Å². The zero-order chi connectivity index (χ0) is 10.3. The normalized spacial score (nSPS) is 16.2. The van der Waals surface area contributed by atoms with Gasteiger partial charge in [0, 0.05) is 6.54 Å². The minimum atomic E-state index is -0.160. The van der Waals surface area contributed by atoms with E-state index in [1.165, 1.54) is 12.8 Å². The molecule has 0 fully saturated rings. The molecule has 0 aromatic heterocycles. The summed E-state index contributed by atoms with van der Waals surface area (Å²) in [6.07, 6.45) is 3.35. The van der Waals surface area contributed by atoms with Crippen molar-refractivity contribution >= 4 is 0 Å². The van der Waals surface area contributed by atoms with Crippen LogP contribution in [0.3, 0.4) is 0 Å². The number of nitrogens with zero attached hydrogens (tertiary/aromatic N) is 1. The summed E-state index contributed by atoms with van der Waals surface area (Å²) in [4.78, 5) is 2.22. The molecule has 0 heterocycles. The molecule has 0 rings (SSSR count). The predicted octanol–water partition coefficient (Wildman–Crippen LogP) is 2.13. The lowest BCUT2D eigenvalue weighted by atomic mass is 10.0. The number of aliphatic hydroxyl groups is 1. The van der Waals surface area contributed by atoms with Crippen molar-refractivity contribution in [2.75, 3.05) is 20.1 Å². The highest BCUT2D eigenvalue weighted by Gasteiger charge is 2.13. The fourth-order valence-corrected chi connectivity index (χ4v) is 1.29. The monoisotopic (exact) mass is 187 g/mol. The Balaban J connectivity index is 3.57. The molecule has 0 aliphatic rings. The molecule has 2 atom stereocenters. The van der Waals surface area contributed by atoms with Gasteiger partial charge in [-0.2, -0.15) is 0 Å². The van der Waals surface area contributed by atoms with Gasteiger partial charge in [0.25, 0.3) is 0 Å². The van der Waals surface area contributed by atoms with Gasteiger partial charge in [0.1, 0.15) is 0 Å². The maximum Gasteiger partial charge on any atom is 0.0692 e. The highest BCUT2D eigenvalue weighted by Crippen LogP contribution is 2.08. The predicted molar refractivity (Wildman–Crippen MR) is 57.9 cm³/mol. The topological polar surface area (TPSA) is 23.5 Å². The van der Waals surface area contributed by atoms with Crippen LogP contribution in [0, 0.1) is 5.92 Å². The van der Waals surface area contributed by atoms with Crippen LogP contribution < -0.4 is 0 Å². The van der Waals surface area contributed by atoms with Gasteiger partial charge < -0.3 is 10.0 Å². The molecule has 0 saturated carbocycles. The van der Waals surface area contributed by atoms with Gasteiger partial charge in [-0.1, -0.05) is 33.6 Å². The summed E-state index contributed by atoms with van der Waals surface area (Å²) >= 11 is 0. The first kappa shape index (κ1) is 12.9. The SMILES string of the molecule is CCCCN(C)CC(O)C(C)CC. The van der Waals surface area contributed by atoms with Crippen molar-refractivity contribution in [1.29, 1.82) is 0 Å². The lowest BCUT2D eigenvalue weighted by Crippen LogP contribution is -2.33. The summed E-state index contributed by atoms with van der Waals surface area (Å²) in [6.45, 7) is 8.34. The summed E-state index contributed by atoms with van der Waals surface area (Å²) in [5, 5.41) is 9.75. The second-order valence-electron chi connectivity index (χ2n) is 4.07. The third kappa shape index (κ3) is 6.05. The lowest BCUT2D eigenvalue weighted by molar-refractivity contribution is 0.0773. The van der Waals surface area contributed by atoms with Crippen LogP contribution >= 0.6 is 0 Å². The van der Waals surface area contributed by atoms with E-state index in [-0.39, 0.29) is 6.10 Å². The van der Waals surface area contributed by atoms with Crippen molar-refractivity contribution in [2.45, 2.75) is 46.1 Å². The number of unbranched alkanes of at least 4 members (excludes halogenated alkanes) is 1. The molecular formula is C11H25NO. The minimum absolute atomic E-state index is 0.160. The van der Waals surface area contributed by atoms with Crippen molar-refractivity contribution < 1.29 is 5.11 Å². The van der Waals surface area contributed by atoms with Gasteiger partial charge in [-0.25, -0.2) is 0 Å². The summed E-state index contributed by atoms with van der Waals surface area (Å²) in [6, 6.07) is 0. The van der Waals surface area contributed by atoms with Gasteiger partial charge in [0.2, 0.25) is 0 Å². The van der Waals surface area contributed by atoms with E-state index < -0.39 is 0 Å². The molecule has 0 aliphatic heterocycles. The lowest BCUT2D eigenvalue weighted by Gasteiger charge is -2.23. The fourth-order valence-electron chi connectivity index (χ4n) is 1.29. The first-order valence-corrected chi connectivity index (χ1v) is 5.48. The molecule has 13 heavy (non-hydrogen) atoms. The van der Waals surface area contributed by atoms with Crippen LogP contribution in [-0.2, 0) is 0 Å². The Morgan fingerprint density at radius 3 is 2.38 bits per heavy atom. The molecule has 0 amide bonds. The van der Waals surface area contributed by atoms with Crippen molar-refractivity contribution in [2.24, 2.45) is 5.92 Å². The molecule has 2 heteroatoms. The van der Waals surface area contributed by atoms with E-state index >= 15 is 0 Å². The summed E-state index contributed by atoms with van der Waals surface area (Å²) in [7, 11) is 2.08. The van der Waals surface area contributed by atoms with E-state index in [0.717, 1.165) is 19.5 Å². The summed E-state index contributed by atoms with van der Waals surface area (Å²) in [5.74, 6) is 0.420. The van der Waals surface area contributed by atoms with Gasteiger partial charge in [-0.3, -0.25) is 0 Å². The first-order chi connectivity index (χ1) is 6.11. The second kappa shape index (κ2) is 7.34. The van der Waals surface area contributed by atoms with Crippen molar-refractivity contribution in [3.63, 3.8) is 0 Å². The Hall–Kier alpha value is -0.0800. The average Bonchev–Trinajstić information content (AvgIpc) is 2.13. The van der Waals surface area contributed by atoms with Gasteiger partial charge >= 0.3 is 0 Å². The van der Waals surface area contributed by atoms with Crippen LogP contribution in [0.5, 0.6) is 0 Å². The number of likely N-dealkylation sites (N-methyl/N-ethyl adjacent to an activating group) is 1. The molecule has 0 aliphatic carbocycles. The third-order valence-electron chi connectivity index (χ3n) is 2.69. The van der Waals surface area contributed by atoms with Crippen LogP contribution in [-0.4, -0.2) is 36.2 Å². The maximum atomic E-state index is 9.75. The Kier molecular flexibility index (Phi) is 7.29. The van der Waals surface area contributed by atoms with E-state index in [1.54, 1.807) is 0 Å². The Bertz CT molecular complexity index is 117. The van der Waals surface area contributed by atoms with Gasteiger partial charge in [-0.15, -0.1) is 0 Å². The molecule has 2 nitrogen and oxygen atoms in total. The molecule has 80 valence electrons. The molecule has 0 spiro atoms. The van der Waals surface area contributed by atoms with E-state index in [9.17, 15) is 5.11 Å². The number of aliphatic hydroxyl groups excluding tert-OH is 1. The molecule has 1 N–H and O–H groups in total. The third-order valence-corrected chi connectivity index (χ3v) is 2.69. The Morgan fingerprint density at radius 2 is 1.92 bits per heavy atom. The number of hydrogen-bond acceptors (Lipinski definition) is 2. The van der Waals surface area contributed by atoms with Gasteiger partial charge in [0.05, 0.1) is 6.10 Å². The maximum absolute atomic E-state index is 9.75. The molecule has 0 radical (unpaired) electrons. The molecule has 0 aromatic rings. The Labute approximate surface area is 82.9 Å². The van der Waals surface area contributed by atoms with E-state index in [0.29, 0.717) is 5.92 Å². The largest absolute Gasteiger partial charge is 0.392 e. The summed E-state index contributed by atoms with van der Waals surface area (Å²) in [5.41, 5.74) is 0. The average molecular weight is 187 g/mol. The first-order valence-electron chi connectivity index (χ1n) is 5.48. The number of rotatable bonds is 7. The van der Waals surface area contributed by atoms with Crippen molar-refractivity contribution in [1.82, 2.24) is 4.90 Å². The molecule has 0 saturated heterocycles. The zero-order valence-electron chi connectivity index (χ0n) is 9.58. The van der Waals surface area contributed by atoms with E-state index in [4.69, 9.17) is 0 Å². The van der Waals surface area contributed by atoms with E-state index in [2.05, 4.69) is 32.7 Å². The standard InChI is InChI=1S/C11H25NO/c1-5-7-8-12(4)9-11(13)10(3)6-2/h10-11,13H,5-9H2,1-4H3. The van der Waals surface area contributed by atoms with Crippen molar-refractivity contribution in [3.8, 4) is 0 Å². The van der Waals surface area contributed by atoms with Gasteiger partial charge in [0.15, 0.2) is 0 Å².